The largest absolute Gasteiger partial charge is 0.0651 e. The maximum Gasteiger partial charge on any atom is -0.0321 e. The lowest BCUT2D eigenvalue weighted by atomic mass is 9.77. The Kier molecular flexibility index (Phi) is 2.32. The van der Waals surface area contributed by atoms with Crippen LogP contribution in [0.2, 0.25) is 0 Å². The van der Waals surface area contributed by atoms with Gasteiger partial charge in [-0.2, -0.15) is 0 Å². The molecule has 0 radical (unpaired) electrons. The minimum atomic E-state index is 0.605. The van der Waals surface area contributed by atoms with Gasteiger partial charge in [0, 0.05) is 0 Å². The lowest BCUT2D eigenvalue weighted by Gasteiger charge is -2.28. The molecule has 1 aliphatic carbocycles. The van der Waals surface area contributed by atoms with Gasteiger partial charge in [0.15, 0.2) is 0 Å². The van der Waals surface area contributed by atoms with E-state index in [1.807, 2.05) is 0 Å². The van der Waals surface area contributed by atoms with Crippen molar-refractivity contribution in [3.63, 3.8) is 0 Å². The molecular weight excluding hydrogens is 132 g/mol. The van der Waals surface area contributed by atoms with E-state index in [9.17, 15) is 0 Å². The summed E-state index contributed by atoms with van der Waals surface area (Å²) in [5.41, 5.74) is 0.605. The average Bonchev–Trinajstić information content (AvgIpc) is 2.03. The summed E-state index contributed by atoms with van der Waals surface area (Å²) in [7, 11) is 0. The van der Waals surface area contributed by atoms with E-state index in [-0.39, 0.29) is 0 Å². The minimum Gasteiger partial charge on any atom is -0.0651 e. The molecule has 1 saturated carbocycles. The minimum absolute atomic E-state index is 0.605. The van der Waals surface area contributed by atoms with Crippen molar-refractivity contribution in [2.24, 2.45) is 23.2 Å². The molecule has 0 N–H and O–H groups in total. The Labute approximate surface area is 71.4 Å². The molecule has 3 unspecified atom stereocenters. The highest BCUT2D eigenvalue weighted by atomic mass is 14.5. The molecule has 0 bridgehead atoms. The molecule has 0 aromatic carbocycles. The summed E-state index contributed by atoms with van der Waals surface area (Å²) in [5, 5.41) is 0. The highest BCUT2D eigenvalue weighted by Crippen LogP contribution is 2.50. The maximum atomic E-state index is 2.43. The van der Waals surface area contributed by atoms with Crippen LogP contribution in [0.25, 0.3) is 0 Å². The van der Waals surface area contributed by atoms with E-state index in [2.05, 4.69) is 34.6 Å². The smallest absolute Gasteiger partial charge is 0.0321 e. The van der Waals surface area contributed by atoms with Crippen molar-refractivity contribution < 1.29 is 0 Å². The molecule has 0 heteroatoms. The third-order valence-electron chi connectivity index (χ3n) is 3.82. The van der Waals surface area contributed by atoms with E-state index < -0.39 is 0 Å². The molecule has 0 amide bonds. The van der Waals surface area contributed by atoms with Gasteiger partial charge in [-0.1, -0.05) is 41.0 Å². The lowest BCUT2D eigenvalue weighted by Crippen LogP contribution is -2.20. The number of hydrogen-bond acceptors (Lipinski definition) is 0. The van der Waals surface area contributed by atoms with E-state index in [1.165, 1.54) is 12.8 Å². The Balaban J connectivity index is 2.73. The van der Waals surface area contributed by atoms with Crippen LogP contribution in [0.4, 0.5) is 0 Å². The number of rotatable bonds is 1. The predicted octanol–water partition coefficient (Wildman–Crippen LogP) is 3.71. The second kappa shape index (κ2) is 2.80. The summed E-state index contributed by atoms with van der Waals surface area (Å²) in [6.07, 6.45) is 2.78. The number of hydrogen-bond donors (Lipinski definition) is 0. The topological polar surface area (TPSA) is 0 Å². The van der Waals surface area contributed by atoms with Crippen molar-refractivity contribution in [3.05, 3.63) is 0 Å². The fourth-order valence-corrected chi connectivity index (χ4v) is 3.20. The monoisotopic (exact) mass is 154 g/mol. The van der Waals surface area contributed by atoms with Crippen molar-refractivity contribution in [1.82, 2.24) is 0 Å². The first kappa shape index (κ1) is 9.09. The predicted molar refractivity (Wildman–Crippen MR) is 50.5 cm³/mol. The van der Waals surface area contributed by atoms with Gasteiger partial charge in [-0.3, -0.25) is 0 Å². The maximum absolute atomic E-state index is 2.43. The van der Waals surface area contributed by atoms with Crippen LogP contribution in [0.5, 0.6) is 0 Å². The first-order chi connectivity index (χ1) is 4.99. The quantitative estimate of drug-likeness (QED) is 0.540. The Morgan fingerprint density at radius 1 is 1.27 bits per heavy atom. The van der Waals surface area contributed by atoms with E-state index in [0.29, 0.717) is 5.41 Å². The summed E-state index contributed by atoms with van der Waals surface area (Å²) < 4.78 is 0. The molecule has 3 atom stereocenters. The van der Waals surface area contributed by atoms with Crippen LogP contribution in [0.3, 0.4) is 0 Å². The Bertz CT molecular complexity index is 135. The fraction of sp³-hybridized carbons (Fsp3) is 1.00. The third kappa shape index (κ3) is 1.45. The Hall–Kier alpha value is 0. The van der Waals surface area contributed by atoms with Gasteiger partial charge in [0.05, 0.1) is 0 Å². The molecule has 1 aliphatic rings. The molecule has 0 spiro atoms. The van der Waals surface area contributed by atoms with E-state index in [4.69, 9.17) is 0 Å². The van der Waals surface area contributed by atoms with Crippen LogP contribution in [-0.4, -0.2) is 0 Å². The zero-order chi connectivity index (χ0) is 8.65. The van der Waals surface area contributed by atoms with Gasteiger partial charge >= 0.3 is 0 Å². The van der Waals surface area contributed by atoms with Crippen LogP contribution in [0, 0.1) is 23.2 Å². The summed E-state index contributed by atoms with van der Waals surface area (Å²) in [6, 6.07) is 0. The van der Waals surface area contributed by atoms with Crippen LogP contribution in [0.1, 0.15) is 47.5 Å². The fourth-order valence-electron chi connectivity index (χ4n) is 3.20. The molecule has 1 fully saturated rings. The molecule has 11 heavy (non-hydrogen) atoms. The van der Waals surface area contributed by atoms with Crippen molar-refractivity contribution in [3.8, 4) is 0 Å². The van der Waals surface area contributed by atoms with Crippen molar-refractivity contribution >= 4 is 0 Å². The molecule has 0 aromatic rings. The van der Waals surface area contributed by atoms with Gasteiger partial charge in [0.2, 0.25) is 0 Å². The SMILES string of the molecule is CCC1C(C)C(C)CC1(C)C. The van der Waals surface area contributed by atoms with Gasteiger partial charge in [0.1, 0.15) is 0 Å². The Morgan fingerprint density at radius 2 is 1.82 bits per heavy atom. The summed E-state index contributed by atoms with van der Waals surface area (Å²) in [4.78, 5) is 0. The van der Waals surface area contributed by atoms with Crippen LogP contribution in [-0.2, 0) is 0 Å². The first-order valence-corrected chi connectivity index (χ1v) is 4.99. The summed E-state index contributed by atoms with van der Waals surface area (Å²) in [6.45, 7) is 12.0. The molecule has 0 heterocycles. The van der Waals surface area contributed by atoms with Gasteiger partial charge in [0.25, 0.3) is 0 Å². The second-order valence-electron chi connectivity index (χ2n) is 5.04. The molecule has 0 saturated heterocycles. The van der Waals surface area contributed by atoms with Gasteiger partial charge in [-0.15, -0.1) is 0 Å². The zero-order valence-electron chi connectivity index (χ0n) is 8.65. The normalized spacial score (nSPS) is 42.8. The van der Waals surface area contributed by atoms with Gasteiger partial charge < -0.3 is 0 Å². The summed E-state index contributed by atoms with van der Waals surface area (Å²) >= 11 is 0. The molecular formula is C11H22. The Morgan fingerprint density at radius 3 is 2.00 bits per heavy atom. The standard InChI is InChI=1S/C11H22/c1-6-10-9(3)8(2)7-11(10,4)5/h8-10H,6-7H2,1-5H3. The van der Waals surface area contributed by atoms with Crippen molar-refractivity contribution in [2.45, 2.75) is 47.5 Å². The molecule has 1 rings (SSSR count). The molecule has 0 nitrogen and oxygen atoms in total. The van der Waals surface area contributed by atoms with Crippen LogP contribution >= 0.6 is 0 Å². The lowest BCUT2D eigenvalue weighted by molar-refractivity contribution is 0.217. The van der Waals surface area contributed by atoms with E-state index in [0.717, 1.165) is 17.8 Å². The molecule has 0 aromatic heterocycles. The zero-order valence-corrected chi connectivity index (χ0v) is 8.65. The third-order valence-corrected chi connectivity index (χ3v) is 3.82. The van der Waals surface area contributed by atoms with Crippen LogP contribution < -0.4 is 0 Å². The average molecular weight is 154 g/mol. The molecule has 0 aliphatic heterocycles. The van der Waals surface area contributed by atoms with E-state index >= 15 is 0 Å². The van der Waals surface area contributed by atoms with Crippen molar-refractivity contribution in [1.29, 1.82) is 0 Å². The summed E-state index contributed by atoms with van der Waals surface area (Å²) in [5.74, 6) is 2.84. The van der Waals surface area contributed by atoms with E-state index in [1.54, 1.807) is 0 Å². The van der Waals surface area contributed by atoms with Gasteiger partial charge in [-0.25, -0.2) is 0 Å². The van der Waals surface area contributed by atoms with Crippen molar-refractivity contribution in [2.75, 3.05) is 0 Å². The highest BCUT2D eigenvalue weighted by Gasteiger charge is 2.42. The second-order valence-corrected chi connectivity index (χ2v) is 5.04. The highest BCUT2D eigenvalue weighted by molar-refractivity contribution is 4.91. The molecule has 66 valence electrons. The first-order valence-electron chi connectivity index (χ1n) is 4.99. The van der Waals surface area contributed by atoms with Crippen LogP contribution in [0.15, 0.2) is 0 Å². The van der Waals surface area contributed by atoms with Gasteiger partial charge in [-0.05, 0) is 29.6 Å².